The Balaban J connectivity index is 3.00. The summed E-state index contributed by atoms with van der Waals surface area (Å²) in [5.41, 5.74) is 0. The van der Waals surface area contributed by atoms with Gasteiger partial charge in [-0.1, -0.05) is 19.8 Å². The van der Waals surface area contributed by atoms with Gasteiger partial charge in [0.15, 0.2) is 0 Å². The summed E-state index contributed by atoms with van der Waals surface area (Å²) in [6, 6.07) is 0. The third-order valence-electron chi connectivity index (χ3n) is 1.76. The fourth-order valence-electron chi connectivity index (χ4n) is 0.964. The van der Waals surface area contributed by atoms with E-state index in [2.05, 4.69) is 0 Å². The molecule has 0 rings (SSSR count). The van der Waals surface area contributed by atoms with Gasteiger partial charge in [-0.3, -0.25) is 4.79 Å². The Morgan fingerprint density at radius 1 is 1.36 bits per heavy atom. The molecule has 0 saturated carbocycles. The van der Waals surface area contributed by atoms with E-state index < -0.39 is 0 Å². The van der Waals surface area contributed by atoms with Crippen LogP contribution in [0.15, 0.2) is 0 Å². The number of hydrogen-bond acceptors (Lipinski definition) is 4. The van der Waals surface area contributed by atoms with E-state index in [9.17, 15) is 4.79 Å². The Hall–Kier alpha value is -0.690. The minimum absolute atomic E-state index is 0.120. The molecule has 0 atom stereocenters. The number of esters is 1. The Labute approximate surface area is 89.8 Å². The minimum atomic E-state index is -0.120. The van der Waals surface area contributed by atoms with Crippen LogP contribution in [0.2, 0.25) is 0 Å². The summed E-state index contributed by atoms with van der Waals surface area (Å²) in [6.07, 6.45) is 4.64. The van der Waals surface area contributed by atoms with Gasteiger partial charge in [0.2, 0.25) is 0 Å². The molecule has 0 aromatic carbocycles. The number of thiocyanates is 1. The van der Waals surface area contributed by atoms with Crippen LogP contribution in [-0.4, -0.2) is 18.3 Å². The normalized spacial score (nSPS) is 9.43. The van der Waals surface area contributed by atoms with Crippen LogP contribution in [0, 0.1) is 10.7 Å². The molecule has 0 aromatic heterocycles. The SMILES string of the molecule is CCC(=O)OCCCCCCSC#N. The second-order valence-electron chi connectivity index (χ2n) is 2.93. The third-order valence-corrected chi connectivity index (χ3v) is 2.38. The van der Waals surface area contributed by atoms with Crippen molar-refractivity contribution in [1.82, 2.24) is 0 Å². The predicted molar refractivity (Wildman–Crippen MR) is 57.8 cm³/mol. The van der Waals surface area contributed by atoms with Crippen molar-refractivity contribution in [3.63, 3.8) is 0 Å². The lowest BCUT2D eigenvalue weighted by Gasteiger charge is -2.02. The number of nitrogens with zero attached hydrogens (tertiary/aromatic N) is 1. The molecule has 0 heterocycles. The van der Waals surface area contributed by atoms with Crippen LogP contribution in [0.4, 0.5) is 0 Å². The van der Waals surface area contributed by atoms with E-state index in [1.165, 1.54) is 11.8 Å². The maximum Gasteiger partial charge on any atom is 0.305 e. The topological polar surface area (TPSA) is 50.1 Å². The van der Waals surface area contributed by atoms with Crippen molar-refractivity contribution in [2.24, 2.45) is 0 Å². The molecule has 3 nitrogen and oxygen atoms in total. The summed E-state index contributed by atoms with van der Waals surface area (Å²) in [4.78, 5) is 10.7. The van der Waals surface area contributed by atoms with Gasteiger partial charge in [-0.15, -0.1) is 0 Å². The summed E-state index contributed by atoms with van der Waals surface area (Å²) in [5.74, 6) is 0.788. The fourth-order valence-corrected chi connectivity index (χ4v) is 1.40. The van der Waals surface area contributed by atoms with Crippen LogP contribution in [-0.2, 0) is 9.53 Å². The monoisotopic (exact) mass is 215 g/mol. The third kappa shape index (κ3) is 9.40. The molecule has 0 saturated heterocycles. The number of nitriles is 1. The Kier molecular flexibility index (Phi) is 9.88. The van der Waals surface area contributed by atoms with E-state index in [1.54, 1.807) is 6.92 Å². The molecule has 4 heteroatoms. The van der Waals surface area contributed by atoms with Crippen LogP contribution in [0.3, 0.4) is 0 Å². The molecule has 0 aliphatic heterocycles. The lowest BCUT2D eigenvalue weighted by atomic mass is 10.2. The zero-order chi connectivity index (χ0) is 10.6. The first-order valence-corrected chi connectivity index (χ1v) is 5.96. The van der Waals surface area contributed by atoms with Crippen molar-refractivity contribution in [2.75, 3.05) is 12.4 Å². The average molecular weight is 215 g/mol. The molecule has 0 bridgehead atoms. The van der Waals surface area contributed by atoms with Crippen molar-refractivity contribution in [3.8, 4) is 5.40 Å². The van der Waals surface area contributed by atoms with Gasteiger partial charge in [-0.25, -0.2) is 0 Å². The minimum Gasteiger partial charge on any atom is -0.466 e. The quantitative estimate of drug-likeness (QED) is 0.355. The van der Waals surface area contributed by atoms with E-state index in [-0.39, 0.29) is 5.97 Å². The Morgan fingerprint density at radius 2 is 2.07 bits per heavy atom. The van der Waals surface area contributed by atoms with Crippen LogP contribution >= 0.6 is 11.8 Å². The second-order valence-corrected chi connectivity index (χ2v) is 3.81. The number of ether oxygens (including phenoxy) is 1. The van der Waals surface area contributed by atoms with Gasteiger partial charge in [0.1, 0.15) is 5.40 Å². The van der Waals surface area contributed by atoms with Gasteiger partial charge < -0.3 is 4.74 Å². The molecule has 0 aromatic rings. The molecule has 80 valence electrons. The summed E-state index contributed by atoms with van der Waals surface area (Å²) in [5, 5.41) is 10.3. The molecule has 0 spiro atoms. The number of carbonyl (C=O) groups excluding carboxylic acids is 1. The van der Waals surface area contributed by atoms with Gasteiger partial charge in [-0.05, 0) is 24.6 Å². The maximum absolute atomic E-state index is 10.7. The number of hydrogen-bond donors (Lipinski definition) is 0. The van der Waals surface area contributed by atoms with Crippen molar-refractivity contribution in [2.45, 2.75) is 39.0 Å². The molecule has 0 N–H and O–H groups in total. The highest BCUT2D eigenvalue weighted by Crippen LogP contribution is 2.06. The number of unbranched alkanes of at least 4 members (excludes halogenated alkanes) is 3. The Morgan fingerprint density at radius 3 is 2.71 bits per heavy atom. The number of thioether (sulfide) groups is 1. The van der Waals surface area contributed by atoms with Crippen LogP contribution in [0.25, 0.3) is 0 Å². The summed E-state index contributed by atoms with van der Waals surface area (Å²) < 4.78 is 4.92. The van der Waals surface area contributed by atoms with Crippen molar-refractivity contribution < 1.29 is 9.53 Å². The molecule has 0 aliphatic carbocycles. The molecule has 0 amide bonds. The van der Waals surface area contributed by atoms with Gasteiger partial charge in [0.05, 0.1) is 6.61 Å². The zero-order valence-corrected chi connectivity index (χ0v) is 9.44. The lowest BCUT2D eigenvalue weighted by molar-refractivity contribution is -0.143. The first kappa shape index (κ1) is 13.3. The van der Waals surface area contributed by atoms with Crippen molar-refractivity contribution in [1.29, 1.82) is 5.26 Å². The summed E-state index contributed by atoms with van der Waals surface area (Å²) in [7, 11) is 0. The number of rotatable bonds is 8. The molecular formula is C10H17NO2S. The van der Waals surface area contributed by atoms with E-state index in [4.69, 9.17) is 10.00 Å². The molecule has 0 aliphatic rings. The average Bonchev–Trinajstić information content (AvgIpc) is 2.21. The maximum atomic E-state index is 10.7. The van der Waals surface area contributed by atoms with Gasteiger partial charge >= 0.3 is 5.97 Å². The molecular weight excluding hydrogens is 198 g/mol. The van der Waals surface area contributed by atoms with E-state index in [0.29, 0.717) is 13.0 Å². The van der Waals surface area contributed by atoms with Gasteiger partial charge in [0, 0.05) is 12.2 Å². The van der Waals surface area contributed by atoms with Crippen molar-refractivity contribution in [3.05, 3.63) is 0 Å². The highest BCUT2D eigenvalue weighted by atomic mass is 32.2. The second kappa shape index (κ2) is 10.4. The first-order chi connectivity index (χ1) is 6.81. The molecule has 14 heavy (non-hydrogen) atoms. The fraction of sp³-hybridized carbons (Fsp3) is 0.800. The molecule has 0 unspecified atom stereocenters. The lowest BCUT2D eigenvalue weighted by Crippen LogP contribution is -2.03. The van der Waals surface area contributed by atoms with Crippen LogP contribution in [0.1, 0.15) is 39.0 Å². The highest BCUT2D eigenvalue weighted by molar-refractivity contribution is 8.03. The smallest absolute Gasteiger partial charge is 0.305 e. The van der Waals surface area contributed by atoms with Crippen LogP contribution in [0.5, 0.6) is 0 Å². The van der Waals surface area contributed by atoms with E-state index in [0.717, 1.165) is 31.4 Å². The summed E-state index contributed by atoms with van der Waals surface area (Å²) >= 11 is 1.30. The number of carbonyl (C=O) groups is 1. The van der Waals surface area contributed by atoms with Crippen molar-refractivity contribution >= 4 is 17.7 Å². The summed E-state index contributed by atoms with van der Waals surface area (Å²) in [6.45, 7) is 2.33. The van der Waals surface area contributed by atoms with Gasteiger partial charge in [-0.2, -0.15) is 5.26 Å². The largest absolute Gasteiger partial charge is 0.466 e. The molecule has 0 radical (unpaired) electrons. The predicted octanol–water partition coefficient (Wildman–Crippen LogP) is 2.71. The van der Waals surface area contributed by atoms with E-state index >= 15 is 0 Å². The van der Waals surface area contributed by atoms with E-state index in [1.807, 2.05) is 5.40 Å². The standard InChI is InChI=1S/C10H17NO2S/c1-2-10(12)13-7-5-3-4-6-8-14-9-11/h2-8H2,1H3. The first-order valence-electron chi connectivity index (χ1n) is 4.97. The molecule has 0 fully saturated rings. The van der Waals surface area contributed by atoms with Crippen LogP contribution < -0.4 is 0 Å². The zero-order valence-electron chi connectivity index (χ0n) is 8.62. The van der Waals surface area contributed by atoms with Gasteiger partial charge in [0.25, 0.3) is 0 Å². The Bertz CT molecular complexity index is 189. The highest BCUT2D eigenvalue weighted by Gasteiger charge is 1.97.